The van der Waals surface area contributed by atoms with Crippen molar-refractivity contribution in [2.75, 3.05) is 12.4 Å². The number of aryl methyl sites for hydroxylation is 1. The zero-order valence-electron chi connectivity index (χ0n) is 22.3. The predicted octanol–water partition coefficient (Wildman–Crippen LogP) is 1.39. The number of rotatable bonds is 11. The zero-order valence-corrected chi connectivity index (χ0v) is 26.5. The number of hydrogen-bond donors (Lipinski definition) is 4. The maximum Gasteiger partial charge on any atom is 0.353 e. The van der Waals surface area contributed by atoms with Gasteiger partial charge in [-0.05, 0) is 18.5 Å². The van der Waals surface area contributed by atoms with Gasteiger partial charge in [0, 0.05) is 33.7 Å². The van der Waals surface area contributed by atoms with Crippen molar-refractivity contribution < 1.29 is 43.2 Å². The van der Waals surface area contributed by atoms with E-state index in [0.717, 1.165) is 16.2 Å². The lowest BCUT2D eigenvalue weighted by Gasteiger charge is -2.49. The van der Waals surface area contributed by atoms with Gasteiger partial charge >= 0.3 is 13.6 Å². The van der Waals surface area contributed by atoms with Crippen LogP contribution < -0.4 is 9.88 Å². The van der Waals surface area contributed by atoms with Crippen LogP contribution in [0.5, 0.6) is 0 Å². The fourth-order valence-corrected chi connectivity index (χ4v) is 9.06. The Labute approximate surface area is 260 Å². The molecule has 3 aromatic heterocycles. The lowest BCUT2D eigenvalue weighted by Crippen LogP contribution is -2.71. The van der Waals surface area contributed by atoms with Crippen LogP contribution in [0.3, 0.4) is 0 Å². The number of nitrogens with zero attached hydrogens (tertiary/aromatic N) is 6. The largest absolute Gasteiger partial charge is 0.477 e. The maximum absolute atomic E-state index is 13.2. The molecule has 0 bridgehead atoms. The number of aliphatic carboxylic acids is 1. The SMILES string of the molecule is CCO/N=C(\C(=O)N[C@@H]1C(=O)N2C(C(=O)O)=C(Sc3nc(-c4cc[n+](C)cc4)cs3)CS[C@H]12)c1nsc(CP(=O)(O)O)n1. The molecule has 1 fully saturated rings. The van der Waals surface area contributed by atoms with E-state index in [-0.39, 0.29) is 34.6 Å². The summed E-state index contributed by atoms with van der Waals surface area (Å²) < 4.78 is 17.8. The molecule has 0 aliphatic carbocycles. The van der Waals surface area contributed by atoms with Gasteiger partial charge in [0.2, 0.25) is 11.5 Å². The van der Waals surface area contributed by atoms with E-state index in [1.165, 1.54) is 34.9 Å². The summed E-state index contributed by atoms with van der Waals surface area (Å²) in [5, 5.41) is 17.5. The Balaban J connectivity index is 1.31. The molecule has 15 nitrogen and oxygen atoms in total. The highest BCUT2D eigenvalue weighted by Gasteiger charge is 2.54. The number of β-lactam (4-membered cyclic amide) rings is 1. The fourth-order valence-electron chi connectivity index (χ4n) is 4.00. The molecule has 43 heavy (non-hydrogen) atoms. The van der Waals surface area contributed by atoms with Crippen molar-refractivity contribution in [3.8, 4) is 11.3 Å². The molecule has 0 aromatic carbocycles. The Kier molecular flexibility index (Phi) is 9.31. The predicted molar refractivity (Wildman–Crippen MR) is 158 cm³/mol. The Morgan fingerprint density at radius 3 is 2.72 bits per heavy atom. The van der Waals surface area contributed by atoms with E-state index < -0.39 is 43.0 Å². The van der Waals surface area contributed by atoms with Crippen LogP contribution in [0, 0.1) is 0 Å². The third-order valence-corrected chi connectivity index (χ3v) is 11.0. The molecule has 4 N–H and O–H groups in total. The molecule has 0 saturated carbocycles. The summed E-state index contributed by atoms with van der Waals surface area (Å²) in [6.45, 7) is 1.73. The van der Waals surface area contributed by atoms with E-state index in [0.29, 0.717) is 20.8 Å². The molecule has 2 aliphatic rings. The minimum atomic E-state index is -4.42. The molecule has 226 valence electrons. The summed E-state index contributed by atoms with van der Waals surface area (Å²) in [5.74, 6) is -2.72. The van der Waals surface area contributed by atoms with E-state index in [1.54, 1.807) is 6.92 Å². The number of amides is 2. The molecule has 3 aromatic rings. The molecule has 0 unspecified atom stereocenters. The van der Waals surface area contributed by atoms with Crippen molar-refractivity contribution in [2.45, 2.75) is 28.8 Å². The third kappa shape index (κ3) is 6.98. The van der Waals surface area contributed by atoms with Gasteiger partial charge in [-0.3, -0.25) is 19.1 Å². The van der Waals surface area contributed by atoms with Crippen molar-refractivity contribution in [1.82, 2.24) is 24.6 Å². The van der Waals surface area contributed by atoms with E-state index in [1.807, 2.05) is 41.5 Å². The number of hydrogen-bond acceptors (Lipinski definition) is 13. The van der Waals surface area contributed by atoms with Gasteiger partial charge in [0.05, 0.1) is 5.69 Å². The van der Waals surface area contributed by atoms with Crippen LogP contribution in [0.2, 0.25) is 0 Å². The number of oxime groups is 1. The first-order chi connectivity index (χ1) is 20.4. The van der Waals surface area contributed by atoms with Crippen LogP contribution in [0.15, 0.2) is 50.0 Å². The highest BCUT2D eigenvalue weighted by Crippen LogP contribution is 2.46. The maximum atomic E-state index is 13.2. The Hall–Kier alpha value is -3.19. The van der Waals surface area contributed by atoms with Gasteiger partial charge in [-0.2, -0.15) is 4.37 Å². The van der Waals surface area contributed by atoms with Crippen molar-refractivity contribution >= 4 is 77.5 Å². The second kappa shape index (κ2) is 12.8. The second-order valence-electron chi connectivity index (χ2n) is 8.98. The number of thioether (sulfide) groups is 2. The summed E-state index contributed by atoms with van der Waals surface area (Å²) in [4.78, 5) is 72.3. The van der Waals surface area contributed by atoms with Gasteiger partial charge in [0.15, 0.2) is 16.7 Å². The monoisotopic (exact) mass is 684 g/mol. The first-order valence-corrected chi connectivity index (χ1v) is 17.6. The topological polar surface area (TPSA) is 208 Å². The lowest BCUT2D eigenvalue weighted by molar-refractivity contribution is -0.671. The molecular weight excluding hydrogens is 662 g/mol. The molecule has 5 heterocycles. The lowest BCUT2D eigenvalue weighted by atomic mass is 10.0. The van der Waals surface area contributed by atoms with Gasteiger partial charge in [0.1, 0.15) is 41.9 Å². The number of carbonyl (C=O) groups excluding carboxylic acids is 2. The van der Waals surface area contributed by atoms with Crippen LogP contribution in [-0.2, 0) is 37.0 Å². The number of carboxylic acid groups (broad SMARTS) is 1. The van der Waals surface area contributed by atoms with Crippen molar-refractivity contribution in [2.24, 2.45) is 12.2 Å². The summed E-state index contributed by atoms with van der Waals surface area (Å²) in [6.07, 6.45) is 3.14. The molecule has 0 radical (unpaired) electrons. The quantitative estimate of drug-likeness (QED) is 0.0741. The van der Waals surface area contributed by atoms with Crippen LogP contribution in [0.4, 0.5) is 0 Å². The Bertz CT molecular complexity index is 1690. The number of aromatic nitrogens is 4. The first-order valence-electron chi connectivity index (χ1n) is 12.3. The molecule has 1 saturated heterocycles. The molecule has 2 atom stereocenters. The van der Waals surface area contributed by atoms with Crippen molar-refractivity contribution in [3.05, 3.63) is 51.3 Å². The Morgan fingerprint density at radius 1 is 1.30 bits per heavy atom. The molecule has 0 spiro atoms. The number of carboxylic acids is 1. The summed E-state index contributed by atoms with van der Waals surface area (Å²) in [7, 11) is -2.51. The smallest absolute Gasteiger partial charge is 0.353 e. The molecule has 2 amide bonds. The average Bonchev–Trinajstić information content (AvgIpc) is 3.60. The standard InChI is InChI=1S/C23H22N7O8PS4/c1-3-38-27-15(18-25-14(43-28-18)8-39(35,36)37)19(31)26-16-20(32)30-17(22(33)34)13(10-40-21(16)30)42-23-24-12(9-41-23)11-4-6-29(2)7-5-11/h4-7,9,16,21H,3,8,10H2,1-2H3,(H3-,26,31,33,34,35,36,37)/p+1/b27-15-/t16-,21-/m1/s1. The van der Waals surface area contributed by atoms with E-state index in [9.17, 15) is 33.8 Å². The second-order valence-corrected chi connectivity index (χ2v) is 14.8. The fraction of sp³-hybridized carbons (Fsp3) is 0.304. The van der Waals surface area contributed by atoms with Crippen LogP contribution in [0.1, 0.15) is 17.8 Å². The number of fused-ring (bicyclic) bond motifs is 1. The minimum absolute atomic E-state index is 0.0134. The van der Waals surface area contributed by atoms with Crippen LogP contribution in [0.25, 0.3) is 11.3 Å². The van der Waals surface area contributed by atoms with Gasteiger partial charge < -0.3 is 25.0 Å². The van der Waals surface area contributed by atoms with E-state index >= 15 is 0 Å². The number of carbonyl (C=O) groups is 3. The van der Waals surface area contributed by atoms with E-state index in [2.05, 4.69) is 24.8 Å². The van der Waals surface area contributed by atoms with Gasteiger partial charge in [-0.15, -0.1) is 23.1 Å². The van der Waals surface area contributed by atoms with Crippen LogP contribution >= 0.6 is 54.0 Å². The average molecular weight is 685 g/mol. The molecule has 2 aliphatic heterocycles. The zero-order chi connectivity index (χ0) is 30.9. The molecular formula is C23H23N7O8PS4+. The van der Waals surface area contributed by atoms with Gasteiger partial charge in [-0.25, -0.2) is 19.3 Å². The highest BCUT2D eigenvalue weighted by molar-refractivity contribution is 8.07. The first kappa shape index (κ1) is 31.2. The highest BCUT2D eigenvalue weighted by atomic mass is 32.2. The molecule has 20 heteroatoms. The minimum Gasteiger partial charge on any atom is -0.477 e. The van der Waals surface area contributed by atoms with Gasteiger partial charge in [0.25, 0.3) is 11.8 Å². The normalized spacial score (nSPS) is 18.7. The van der Waals surface area contributed by atoms with Crippen LogP contribution in [-0.4, -0.2) is 81.4 Å². The molecule has 5 rings (SSSR count). The number of pyridine rings is 1. The summed E-state index contributed by atoms with van der Waals surface area (Å²) in [5.41, 5.74) is 1.11. The summed E-state index contributed by atoms with van der Waals surface area (Å²) in [6, 6.07) is 2.79. The van der Waals surface area contributed by atoms with Crippen molar-refractivity contribution in [3.63, 3.8) is 0 Å². The van der Waals surface area contributed by atoms with Gasteiger partial charge in [-0.1, -0.05) is 16.9 Å². The Morgan fingerprint density at radius 2 is 2.05 bits per heavy atom. The summed E-state index contributed by atoms with van der Waals surface area (Å²) >= 11 is 4.53. The van der Waals surface area contributed by atoms with E-state index in [4.69, 9.17) is 4.84 Å². The third-order valence-electron chi connectivity index (χ3n) is 5.91. The number of nitrogens with one attached hydrogen (secondary N) is 1. The number of thiazole rings is 1. The van der Waals surface area contributed by atoms with Crippen molar-refractivity contribution in [1.29, 1.82) is 0 Å².